The molecule has 1 saturated carbocycles. The Balaban J connectivity index is 1.59. The minimum Gasteiger partial charge on any atom is -0.459 e. The molecule has 1 aromatic heterocycles. The highest BCUT2D eigenvalue weighted by atomic mass is 35.5. The highest BCUT2D eigenvalue weighted by Gasteiger charge is 2.34. The first-order chi connectivity index (χ1) is 10.7. The van der Waals surface area contributed by atoms with Gasteiger partial charge in [-0.05, 0) is 43.0 Å². The molecular weight excluding hydrogens is 300 g/mol. The Morgan fingerprint density at radius 2 is 2.09 bits per heavy atom. The number of hydrogen-bond donors (Lipinski definition) is 1. The van der Waals surface area contributed by atoms with E-state index in [-0.39, 0.29) is 6.04 Å². The molecule has 2 N–H and O–H groups in total. The number of benzene rings is 1. The van der Waals surface area contributed by atoms with Crippen LogP contribution in [-0.2, 0) is 4.84 Å². The van der Waals surface area contributed by atoms with Crippen molar-refractivity contribution in [1.29, 1.82) is 0 Å². The summed E-state index contributed by atoms with van der Waals surface area (Å²) in [6.45, 7) is 0.884. The van der Waals surface area contributed by atoms with Gasteiger partial charge in [-0.15, -0.1) is 5.06 Å². The lowest BCUT2D eigenvalue weighted by Gasteiger charge is -2.20. The number of rotatable bonds is 4. The first kappa shape index (κ1) is 13.7. The largest absolute Gasteiger partial charge is 0.459 e. The van der Waals surface area contributed by atoms with Crippen LogP contribution in [0.25, 0.3) is 11.3 Å². The highest BCUT2D eigenvalue weighted by molar-refractivity contribution is 6.30. The highest BCUT2D eigenvalue weighted by Crippen LogP contribution is 2.38. The van der Waals surface area contributed by atoms with Crippen LogP contribution in [0.2, 0.25) is 5.02 Å². The molecule has 0 saturated heterocycles. The monoisotopic (exact) mass is 316 g/mol. The Morgan fingerprint density at radius 1 is 1.23 bits per heavy atom. The van der Waals surface area contributed by atoms with Crippen LogP contribution in [0, 0.1) is 5.92 Å². The first-order valence-electron chi connectivity index (χ1n) is 7.46. The zero-order chi connectivity index (χ0) is 15.1. The van der Waals surface area contributed by atoms with E-state index in [2.05, 4.69) is 0 Å². The van der Waals surface area contributed by atoms with Crippen LogP contribution in [0.1, 0.15) is 24.6 Å². The second-order valence-electron chi connectivity index (χ2n) is 5.86. The Kier molecular flexibility index (Phi) is 3.36. The molecule has 0 spiro atoms. The van der Waals surface area contributed by atoms with Crippen molar-refractivity contribution in [1.82, 2.24) is 5.06 Å². The van der Waals surface area contributed by atoms with Crippen molar-refractivity contribution in [2.24, 2.45) is 11.7 Å². The topological polar surface area (TPSA) is 51.6 Å². The van der Waals surface area contributed by atoms with Crippen LogP contribution in [-0.4, -0.2) is 11.6 Å². The lowest BCUT2D eigenvalue weighted by Crippen LogP contribution is -2.25. The number of hydrogen-bond acceptors (Lipinski definition) is 4. The second-order valence-corrected chi connectivity index (χ2v) is 6.30. The summed E-state index contributed by atoms with van der Waals surface area (Å²) in [5.41, 5.74) is 6.79. The van der Waals surface area contributed by atoms with Gasteiger partial charge in [0.25, 0.3) is 0 Å². The van der Waals surface area contributed by atoms with Crippen molar-refractivity contribution in [3.63, 3.8) is 0 Å². The number of hydroxylamine groups is 2. The lowest BCUT2D eigenvalue weighted by atomic mass is 10.2. The SMILES string of the molecule is NC1=CC(c2ccc(-c3cccc(Cl)c3)o2)N(CC2CC2)O1. The van der Waals surface area contributed by atoms with Gasteiger partial charge >= 0.3 is 0 Å². The third-order valence-corrected chi connectivity index (χ3v) is 4.25. The van der Waals surface area contributed by atoms with Crippen LogP contribution < -0.4 is 5.73 Å². The molecule has 2 aromatic rings. The van der Waals surface area contributed by atoms with E-state index in [1.165, 1.54) is 12.8 Å². The maximum atomic E-state index is 6.04. The maximum Gasteiger partial charge on any atom is 0.207 e. The van der Waals surface area contributed by atoms with E-state index in [0.717, 1.165) is 23.6 Å². The molecule has 4 nitrogen and oxygen atoms in total. The minimum absolute atomic E-state index is 0.0615. The fourth-order valence-electron chi connectivity index (χ4n) is 2.70. The van der Waals surface area contributed by atoms with Crippen LogP contribution in [0.4, 0.5) is 0 Å². The molecule has 4 rings (SSSR count). The predicted molar refractivity (Wildman–Crippen MR) is 84.7 cm³/mol. The number of nitrogens with zero attached hydrogens (tertiary/aromatic N) is 1. The molecule has 114 valence electrons. The fourth-order valence-corrected chi connectivity index (χ4v) is 2.89. The lowest BCUT2D eigenvalue weighted by molar-refractivity contribution is -0.126. The Hall–Kier alpha value is -1.91. The zero-order valence-corrected chi connectivity index (χ0v) is 12.8. The number of halogens is 1. The van der Waals surface area contributed by atoms with E-state index >= 15 is 0 Å². The summed E-state index contributed by atoms with van der Waals surface area (Å²) in [6, 6.07) is 11.5. The molecule has 22 heavy (non-hydrogen) atoms. The molecule has 1 atom stereocenters. The van der Waals surface area contributed by atoms with Crippen LogP contribution in [0.3, 0.4) is 0 Å². The van der Waals surface area contributed by atoms with Crippen LogP contribution in [0.15, 0.2) is 52.8 Å². The molecule has 1 aliphatic heterocycles. The number of nitrogens with two attached hydrogens (primary N) is 1. The summed E-state index contributed by atoms with van der Waals surface area (Å²) in [4.78, 5) is 5.60. The molecular formula is C17H17ClN2O2. The van der Waals surface area contributed by atoms with E-state index in [1.807, 2.05) is 47.5 Å². The maximum absolute atomic E-state index is 6.04. The molecule has 1 unspecified atom stereocenters. The van der Waals surface area contributed by atoms with Gasteiger partial charge in [0.2, 0.25) is 5.88 Å². The summed E-state index contributed by atoms with van der Waals surface area (Å²) in [5.74, 6) is 2.77. The summed E-state index contributed by atoms with van der Waals surface area (Å²) >= 11 is 6.04. The van der Waals surface area contributed by atoms with Gasteiger partial charge in [0.1, 0.15) is 17.6 Å². The second kappa shape index (κ2) is 5.38. The third kappa shape index (κ3) is 2.72. The van der Waals surface area contributed by atoms with Gasteiger partial charge < -0.3 is 15.0 Å². The van der Waals surface area contributed by atoms with Gasteiger partial charge in [0.05, 0.1) is 0 Å². The van der Waals surface area contributed by atoms with Gasteiger partial charge in [0.15, 0.2) is 0 Å². The van der Waals surface area contributed by atoms with Gasteiger partial charge in [-0.3, -0.25) is 0 Å². The molecule has 0 radical (unpaired) electrons. The van der Waals surface area contributed by atoms with E-state index in [1.54, 1.807) is 0 Å². The van der Waals surface area contributed by atoms with Crippen molar-refractivity contribution in [2.75, 3.05) is 6.54 Å². The molecule has 5 heteroatoms. The summed E-state index contributed by atoms with van der Waals surface area (Å²) in [6.07, 6.45) is 4.42. The van der Waals surface area contributed by atoms with Crippen LogP contribution >= 0.6 is 11.6 Å². The zero-order valence-electron chi connectivity index (χ0n) is 12.0. The van der Waals surface area contributed by atoms with E-state index < -0.39 is 0 Å². The first-order valence-corrected chi connectivity index (χ1v) is 7.84. The standard InChI is InChI=1S/C17H17ClN2O2/c18-13-3-1-2-12(8-13)15-6-7-16(21-15)14-9-17(19)22-20(14)10-11-4-5-11/h1-3,6-9,11,14H,4-5,10,19H2. The molecule has 1 fully saturated rings. The molecule has 1 aliphatic carbocycles. The van der Waals surface area contributed by atoms with Crippen molar-refractivity contribution in [3.05, 3.63) is 59.1 Å². The third-order valence-electron chi connectivity index (χ3n) is 4.02. The van der Waals surface area contributed by atoms with Crippen LogP contribution in [0.5, 0.6) is 0 Å². The van der Waals surface area contributed by atoms with E-state index in [0.29, 0.717) is 16.8 Å². The van der Waals surface area contributed by atoms with E-state index in [4.69, 9.17) is 26.6 Å². The van der Waals surface area contributed by atoms with Gasteiger partial charge in [-0.1, -0.05) is 23.7 Å². The molecule has 2 heterocycles. The predicted octanol–water partition coefficient (Wildman–Crippen LogP) is 4.10. The summed E-state index contributed by atoms with van der Waals surface area (Å²) < 4.78 is 6.01. The molecule has 1 aromatic carbocycles. The van der Waals surface area contributed by atoms with Gasteiger partial charge in [0, 0.05) is 23.2 Å². The van der Waals surface area contributed by atoms with Crippen molar-refractivity contribution in [2.45, 2.75) is 18.9 Å². The fraction of sp³-hybridized carbons (Fsp3) is 0.294. The summed E-state index contributed by atoms with van der Waals surface area (Å²) in [7, 11) is 0. The molecule has 0 bridgehead atoms. The van der Waals surface area contributed by atoms with Crippen molar-refractivity contribution in [3.8, 4) is 11.3 Å². The minimum atomic E-state index is -0.0615. The molecule has 2 aliphatic rings. The quantitative estimate of drug-likeness (QED) is 0.922. The normalized spacial score (nSPS) is 21.7. The smallest absolute Gasteiger partial charge is 0.207 e. The Labute approximate surface area is 134 Å². The number of furan rings is 1. The Morgan fingerprint density at radius 3 is 2.86 bits per heavy atom. The Bertz CT molecular complexity index is 721. The van der Waals surface area contributed by atoms with Gasteiger partial charge in [-0.25, -0.2) is 0 Å². The molecule has 0 amide bonds. The average molecular weight is 317 g/mol. The van der Waals surface area contributed by atoms with Crippen molar-refractivity contribution >= 4 is 11.6 Å². The van der Waals surface area contributed by atoms with Crippen molar-refractivity contribution < 1.29 is 9.25 Å². The average Bonchev–Trinajstić information content (AvgIpc) is 3.04. The summed E-state index contributed by atoms with van der Waals surface area (Å²) in [5, 5.41) is 2.60. The van der Waals surface area contributed by atoms with Gasteiger partial charge in [-0.2, -0.15) is 0 Å². The van der Waals surface area contributed by atoms with E-state index in [9.17, 15) is 0 Å².